The molecule has 0 radical (unpaired) electrons. The number of halogens is 1. The third-order valence-corrected chi connectivity index (χ3v) is 6.76. The minimum absolute atomic E-state index is 0.0342. The predicted molar refractivity (Wildman–Crippen MR) is 139 cm³/mol. The van der Waals surface area contributed by atoms with Crippen LogP contribution in [-0.2, 0) is 4.79 Å². The first-order valence-electron chi connectivity index (χ1n) is 11.4. The number of hydrogen-bond acceptors (Lipinski definition) is 6. The van der Waals surface area contributed by atoms with Gasteiger partial charge in [0.25, 0.3) is 0 Å². The quantitative estimate of drug-likeness (QED) is 0.255. The van der Waals surface area contributed by atoms with Crippen LogP contribution in [0, 0.1) is 5.13 Å². The van der Waals surface area contributed by atoms with Crippen molar-refractivity contribution in [1.29, 1.82) is 0 Å². The Balaban J connectivity index is 1.40. The number of anilines is 1. The van der Waals surface area contributed by atoms with Gasteiger partial charge < -0.3 is 10.3 Å². The molecule has 0 bridgehead atoms. The lowest BCUT2D eigenvalue weighted by Crippen LogP contribution is -2.10. The molecule has 8 nitrogen and oxygen atoms in total. The average Bonchev–Trinajstić information content (AvgIpc) is 3.61. The standard InChI is InChI=1S/C26H20FN7OS/c1-2-3-23(35)30-16-8-15(10-28-11-16)14-4-5-19-17(9-14)25(34-33-19)26-31-20-13-29-12-18(24(20)32-26)21-6-7-22(27)36-21/h4-13H,2-3H2,1H3,(H,30,35)(H,31,32)(H,33,34). The first-order chi connectivity index (χ1) is 17.6. The second-order valence-electron chi connectivity index (χ2n) is 8.37. The SMILES string of the molecule is CCCC(=O)Nc1cncc(-c2ccc3[nH]nc(-c4nc5c(-c6ccc(F)s6)cncc5[nH]4)c3c2)c1. The lowest BCUT2D eigenvalue weighted by molar-refractivity contribution is -0.116. The van der Waals surface area contributed by atoms with Crippen molar-refractivity contribution in [3.63, 3.8) is 0 Å². The summed E-state index contributed by atoms with van der Waals surface area (Å²) in [5.41, 5.74) is 6.17. The van der Waals surface area contributed by atoms with E-state index in [2.05, 4.69) is 30.5 Å². The Hall–Kier alpha value is -4.44. The van der Waals surface area contributed by atoms with E-state index in [9.17, 15) is 9.18 Å². The number of carbonyl (C=O) groups is 1. The van der Waals surface area contributed by atoms with Gasteiger partial charge in [0.1, 0.15) is 11.2 Å². The van der Waals surface area contributed by atoms with Crippen molar-refractivity contribution in [2.75, 3.05) is 5.32 Å². The van der Waals surface area contributed by atoms with Crippen LogP contribution in [0.25, 0.3) is 55.0 Å². The number of aromatic nitrogens is 6. The van der Waals surface area contributed by atoms with E-state index in [0.29, 0.717) is 29.1 Å². The van der Waals surface area contributed by atoms with Crippen molar-refractivity contribution >= 4 is 44.9 Å². The molecular weight excluding hydrogens is 477 g/mol. The maximum absolute atomic E-state index is 13.6. The van der Waals surface area contributed by atoms with Crippen LogP contribution >= 0.6 is 11.3 Å². The van der Waals surface area contributed by atoms with E-state index in [0.717, 1.165) is 55.7 Å². The van der Waals surface area contributed by atoms with E-state index < -0.39 is 0 Å². The molecule has 0 aliphatic carbocycles. The van der Waals surface area contributed by atoms with Gasteiger partial charge in [-0.15, -0.1) is 11.3 Å². The number of benzene rings is 1. The lowest BCUT2D eigenvalue weighted by atomic mass is 10.0. The third-order valence-electron chi connectivity index (χ3n) is 5.85. The Morgan fingerprint density at radius 1 is 1.03 bits per heavy atom. The maximum atomic E-state index is 13.6. The highest BCUT2D eigenvalue weighted by molar-refractivity contribution is 7.14. The molecule has 0 saturated heterocycles. The molecular formula is C26H20FN7OS. The largest absolute Gasteiger partial charge is 0.335 e. The van der Waals surface area contributed by atoms with Crippen molar-refractivity contribution in [2.45, 2.75) is 19.8 Å². The van der Waals surface area contributed by atoms with Gasteiger partial charge >= 0.3 is 0 Å². The van der Waals surface area contributed by atoms with E-state index in [1.54, 1.807) is 30.9 Å². The van der Waals surface area contributed by atoms with Crippen LogP contribution in [0.2, 0.25) is 0 Å². The van der Waals surface area contributed by atoms with Crippen molar-refractivity contribution in [3.05, 3.63) is 66.3 Å². The van der Waals surface area contributed by atoms with Gasteiger partial charge in [0.2, 0.25) is 5.91 Å². The topological polar surface area (TPSA) is 112 Å². The lowest BCUT2D eigenvalue weighted by Gasteiger charge is -2.07. The van der Waals surface area contributed by atoms with Crippen LogP contribution in [0.5, 0.6) is 0 Å². The van der Waals surface area contributed by atoms with Gasteiger partial charge in [-0.25, -0.2) is 4.98 Å². The van der Waals surface area contributed by atoms with Gasteiger partial charge in [0.05, 0.1) is 29.1 Å². The molecule has 0 aliphatic heterocycles. The zero-order valence-corrected chi connectivity index (χ0v) is 20.0. The fourth-order valence-corrected chi connectivity index (χ4v) is 4.92. The summed E-state index contributed by atoms with van der Waals surface area (Å²) in [6.07, 6.45) is 8.03. The summed E-state index contributed by atoms with van der Waals surface area (Å²) in [4.78, 5) is 29.5. The number of imidazole rings is 1. The Morgan fingerprint density at radius 2 is 1.92 bits per heavy atom. The molecule has 36 heavy (non-hydrogen) atoms. The number of aromatic amines is 2. The highest BCUT2D eigenvalue weighted by Crippen LogP contribution is 2.35. The van der Waals surface area contributed by atoms with Gasteiger partial charge in [-0.3, -0.25) is 19.9 Å². The smallest absolute Gasteiger partial charge is 0.224 e. The van der Waals surface area contributed by atoms with Gasteiger partial charge in [-0.2, -0.15) is 9.49 Å². The fraction of sp³-hybridized carbons (Fsp3) is 0.115. The number of hydrogen-bond donors (Lipinski definition) is 3. The van der Waals surface area contributed by atoms with Crippen molar-refractivity contribution in [3.8, 4) is 33.1 Å². The van der Waals surface area contributed by atoms with Crippen LogP contribution < -0.4 is 5.32 Å². The van der Waals surface area contributed by atoms with Crippen LogP contribution in [0.1, 0.15) is 19.8 Å². The van der Waals surface area contributed by atoms with Crippen molar-refractivity contribution in [2.24, 2.45) is 0 Å². The molecule has 0 spiro atoms. The van der Waals surface area contributed by atoms with Crippen molar-refractivity contribution < 1.29 is 9.18 Å². The molecule has 6 aromatic rings. The molecule has 0 aliphatic rings. The van der Waals surface area contributed by atoms with Gasteiger partial charge in [0, 0.05) is 40.2 Å². The Morgan fingerprint density at radius 3 is 2.75 bits per heavy atom. The van der Waals surface area contributed by atoms with Crippen LogP contribution in [0.15, 0.2) is 61.2 Å². The van der Waals surface area contributed by atoms with E-state index >= 15 is 0 Å². The van der Waals surface area contributed by atoms with Crippen LogP contribution in [0.4, 0.5) is 10.1 Å². The van der Waals surface area contributed by atoms with Crippen LogP contribution in [-0.4, -0.2) is 36.0 Å². The number of thiophene rings is 1. The Bertz CT molecular complexity index is 1740. The normalized spacial score (nSPS) is 11.4. The van der Waals surface area contributed by atoms with Gasteiger partial charge in [-0.1, -0.05) is 13.0 Å². The first kappa shape index (κ1) is 22.1. The molecule has 6 rings (SSSR count). The summed E-state index contributed by atoms with van der Waals surface area (Å²) < 4.78 is 13.6. The summed E-state index contributed by atoms with van der Waals surface area (Å²) in [5.74, 6) is 0.548. The number of amides is 1. The highest BCUT2D eigenvalue weighted by Gasteiger charge is 2.17. The summed E-state index contributed by atoms with van der Waals surface area (Å²) in [7, 11) is 0. The average molecular weight is 498 g/mol. The van der Waals surface area contributed by atoms with Gasteiger partial charge in [-0.05, 0) is 42.3 Å². The molecule has 5 aromatic heterocycles. The molecule has 0 unspecified atom stereocenters. The highest BCUT2D eigenvalue weighted by atomic mass is 32.1. The van der Waals surface area contributed by atoms with E-state index in [4.69, 9.17) is 4.98 Å². The first-order valence-corrected chi connectivity index (χ1v) is 12.2. The number of pyridine rings is 2. The van der Waals surface area contributed by atoms with E-state index in [1.165, 1.54) is 6.07 Å². The minimum Gasteiger partial charge on any atom is -0.335 e. The molecule has 1 amide bonds. The summed E-state index contributed by atoms with van der Waals surface area (Å²) in [6.45, 7) is 1.97. The molecule has 0 saturated carbocycles. The molecule has 0 fully saturated rings. The maximum Gasteiger partial charge on any atom is 0.224 e. The third kappa shape index (κ3) is 4.01. The summed E-state index contributed by atoms with van der Waals surface area (Å²) >= 11 is 1.06. The minimum atomic E-state index is -0.257. The number of rotatable bonds is 6. The van der Waals surface area contributed by atoms with Crippen molar-refractivity contribution in [1.82, 2.24) is 30.1 Å². The molecule has 1 aromatic carbocycles. The molecule has 3 N–H and O–H groups in total. The van der Waals surface area contributed by atoms with E-state index in [-0.39, 0.29) is 11.0 Å². The summed E-state index contributed by atoms with van der Waals surface area (Å²) in [6, 6.07) is 11.0. The molecule has 178 valence electrons. The zero-order valence-electron chi connectivity index (χ0n) is 19.2. The zero-order chi connectivity index (χ0) is 24.6. The second kappa shape index (κ2) is 8.97. The number of carbonyl (C=O) groups excluding carboxylic acids is 1. The number of nitrogens with one attached hydrogen (secondary N) is 3. The molecule has 10 heteroatoms. The Kier molecular flexibility index (Phi) is 5.49. The molecule has 5 heterocycles. The number of H-pyrrole nitrogens is 2. The second-order valence-corrected chi connectivity index (χ2v) is 9.40. The fourth-order valence-electron chi connectivity index (χ4n) is 4.18. The molecule has 0 atom stereocenters. The monoisotopic (exact) mass is 497 g/mol. The van der Waals surface area contributed by atoms with Crippen LogP contribution in [0.3, 0.4) is 0 Å². The number of nitrogens with zero attached hydrogens (tertiary/aromatic N) is 4. The summed E-state index contributed by atoms with van der Waals surface area (Å²) in [5, 5.41) is 11.1. The van der Waals surface area contributed by atoms with Gasteiger partial charge in [0.15, 0.2) is 11.0 Å². The predicted octanol–water partition coefficient (Wildman–Crippen LogP) is 6.17. The number of fused-ring (bicyclic) bond motifs is 2. The van der Waals surface area contributed by atoms with E-state index in [1.807, 2.05) is 31.2 Å². The Labute approximate surface area is 208 Å².